The summed E-state index contributed by atoms with van der Waals surface area (Å²) in [6.07, 6.45) is 0.932. The van der Waals surface area contributed by atoms with Gasteiger partial charge < -0.3 is 9.69 Å². The van der Waals surface area contributed by atoms with Gasteiger partial charge in [-0.15, -0.1) is 0 Å². The third-order valence-electron chi connectivity index (χ3n) is 2.35. The number of aldehydes is 1. The first-order valence-corrected chi connectivity index (χ1v) is 5.44. The third-order valence-corrected chi connectivity index (χ3v) is 3.02. The van der Waals surface area contributed by atoms with Crippen molar-refractivity contribution in [2.24, 2.45) is 5.92 Å². The van der Waals surface area contributed by atoms with E-state index in [0.717, 1.165) is 9.86 Å². The van der Waals surface area contributed by atoms with Crippen LogP contribution in [0.3, 0.4) is 0 Å². The van der Waals surface area contributed by atoms with E-state index in [0.29, 0.717) is 18.8 Å². The average molecular weight is 305 g/mol. The lowest BCUT2D eigenvalue weighted by Crippen LogP contribution is -2.47. The molecular weight excluding hydrogens is 296 g/mol. The van der Waals surface area contributed by atoms with Crippen LogP contribution in [0.4, 0.5) is 10.1 Å². The highest BCUT2D eigenvalue weighted by Crippen LogP contribution is 2.27. The second-order valence-corrected chi connectivity index (χ2v) is 4.64. The van der Waals surface area contributed by atoms with E-state index in [-0.39, 0.29) is 11.7 Å². The highest BCUT2D eigenvalue weighted by atomic mass is 127. The summed E-state index contributed by atoms with van der Waals surface area (Å²) in [5.74, 6) is -0.130. The summed E-state index contributed by atoms with van der Waals surface area (Å²) in [4.78, 5) is 12.3. The van der Waals surface area contributed by atoms with Crippen molar-refractivity contribution in [2.75, 3.05) is 18.0 Å². The van der Waals surface area contributed by atoms with Crippen molar-refractivity contribution >= 4 is 34.6 Å². The molecule has 0 unspecified atom stereocenters. The molecule has 0 spiro atoms. The summed E-state index contributed by atoms with van der Waals surface area (Å²) in [5, 5.41) is 0. The molecule has 1 saturated heterocycles. The molecule has 2 rings (SSSR count). The molecular formula is C10H9FINO. The van der Waals surface area contributed by atoms with E-state index in [4.69, 9.17) is 0 Å². The minimum Gasteiger partial charge on any atom is -0.368 e. The molecule has 0 radical (unpaired) electrons. The minimum absolute atomic E-state index is 0.0775. The van der Waals surface area contributed by atoms with E-state index in [2.05, 4.69) is 22.6 Å². The van der Waals surface area contributed by atoms with Crippen LogP contribution in [0, 0.1) is 15.3 Å². The van der Waals surface area contributed by atoms with Gasteiger partial charge in [0.2, 0.25) is 0 Å². The van der Waals surface area contributed by atoms with Gasteiger partial charge in [0.25, 0.3) is 0 Å². The molecule has 14 heavy (non-hydrogen) atoms. The zero-order chi connectivity index (χ0) is 10.1. The van der Waals surface area contributed by atoms with Gasteiger partial charge in [-0.1, -0.05) is 0 Å². The first kappa shape index (κ1) is 9.89. The molecule has 1 aliphatic rings. The number of anilines is 1. The Balaban J connectivity index is 2.14. The SMILES string of the molecule is O=CC1CN(c2ccc(I)cc2F)C1. The normalized spacial score (nSPS) is 16.6. The molecule has 1 aromatic carbocycles. The largest absolute Gasteiger partial charge is 0.368 e. The Bertz CT molecular complexity index is 363. The summed E-state index contributed by atoms with van der Waals surface area (Å²) in [6.45, 7) is 1.28. The molecule has 0 N–H and O–H groups in total. The number of halogens is 2. The summed E-state index contributed by atoms with van der Waals surface area (Å²) in [5.41, 5.74) is 0.600. The monoisotopic (exact) mass is 305 g/mol. The molecule has 0 atom stereocenters. The second kappa shape index (κ2) is 3.84. The Hall–Kier alpha value is -0.650. The molecule has 0 bridgehead atoms. The van der Waals surface area contributed by atoms with Crippen molar-refractivity contribution in [1.82, 2.24) is 0 Å². The van der Waals surface area contributed by atoms with Crippen LogP contribution in [0.15, 0.2) is 18.2 Å². The molecule has 0 amide bonds. The molecule has 2 nitrogen and oxygen atoms in total. The van der Waals surface area contributed by atoms with Crippen molar-refractivity contribution in [2.45, 2.75) is 0 Å². The van der Waals surface area contributed by atoms with Gasteiger partial charge in [-0.2, -0.15) is 0 Å². The van der Waals surface area contributed by atoms with Crippen LogP contribution in [-0.2, 0) is 4.79 Å². The van der Waals surface area contributed by atoms with E-state index >= 15 is 0 Å². The summed E-state index contributed by atoms with van der Waals surface area (Å²) in [6, 6.07) is 5.13. The zero-order valence-electron chi connectivity index (χ0n) is 7.41. The standard InChI is InChI=1S/C10H9FINO/c11-9-3-8(12)1-2-10(9)13-4-7(5-13)6-14/h1-3,6-7H,4-5H2. The fraction of sp³-hybridized carbons (Fsp3) is 0.300. The molecule has 1 fully saturated rings. The van der Waals surface area contributed by atoms with Crippen LogP contribution in [0.5, 0.6) is 0 Å². The van der Waals surface area contributed by atoms with Crippen LogP contribution < -0.4 is 4.90 Å². The fourth-order valence-corrected chi connectivity index (χ4v) is 1.99. The van der Waals surface area contributed by atoms with Gasteiger partial charge in [0.15, 0.2) is 0 Å². The van der Waals surface area contributed by atoms with Crippen LogP contribution in [-0.4, -0.2) is 19.4 Å². The van der Waals surface area contributed by atoms with Gasteiger partial charge in [-0.3, -0.25) is 0 Å². The van der Waals surface area contributed by atoms with E-state index in [1.165, 1.54) is 6.07 Å². The lowest BCUT2D eigenvalue weighted by Gasteiger charge is -2.38. The van der Waals surface area contributed by atoms with E-state index in [9.17, 15) is 9.18 Å². The van der Waals surface area contributed by atoms with Gasteiger partial charge >= 0.3 is 0 Å². The van der Waals surface area contributed by atoms with E-state index in [1.54, 1.807) is 6.07 Å². The number of nitrogens with zero attached hydrogens (tertiary/aromatic N) is 1. The lowest BCUT2D eigenvalue weighted by molar-refractivity contribution is -0.111. The van der Waals surface area contributed by atoms with E-state index < -0.39 is 0 Å². The van der Waals surface area contributed by atoms with Crippen LogP contribution in [0.1, 0.15) is 0 Å². The summed E-state index contributed by atoms with van der Waals surface area (Å²) in [7, 11) is 0. The van der Waals surface area contributed by atoms with Gasteiger partial charge in [0.05, 0.1) is 5.69 Å². The summed E-state index contributed by atoms with van der Waals surface area (Å²) < 4.78 is 14.3. The predicted octanol–water partition coefficient (Wildman–Crippen LogP) is 2.07. The first-order chi connectivity index (χ1) is 6.70. The minimum atomic E-state index is -0.207. The molecule has 0 saturated carbocycles. The van der Waals surface area contributed by atoms with Crippen molar-refractivity contribution in [3.63, 3.8) is 0 Å². The maximum Gasteiger partial charge on any atom is 0.147 e. The maximum absolute atomic E-state index is 13.4. The topological polar surface area (TPSA) is 20.3 Å². The maximum atomic E-state index is 13.4. The Kier molecular flexibility index (Phi) is 2.71. The van der Waals surface area contributed by atoms with Gasteiger partial charge in [-0.05, 0) is 40.8 Å². The number of carbonyl (C=O) groups excluding carboxylic acids is 1. The number of hydrogen-bond donors (Lipinski definition) is 0. The van der Waals surface area contributed by atoms with Gasteiger partial charge in [-0.25, -0.2) is 4.39 Å². The summed E-state index contributed by atoms with van der Waals surface area (Å²) >= 11 is 2.07. The number of hydrogen-bond acceptors (Lipinski definition) is 2. The molecule has 1 heterocycles. The predicted molar refractivity (Wildman–Crippen MR) is 60.9 cm³/mol. The Morgan fingerprint density at radius 1 is 1.50 bits per heavy atom. The number of rotatable bonds is 2. The quantitative estimate of drug-likeness (QED) is 0.616. The molecule has 0 aromatic heterocycles. The number of benzene rings is 1. The third kappa shape index (κ3) is 1.75. The lowest BCUT2D eigenvalue weighted by atomic mass is 10.0. The molecule has 0 aliphatic carbocycles. The first-order valence-electron chi connectivity index (χ1n) is 4.36. The highest BCUT2D eigenvalue weighted by Gasteiger charge is 2.27. The highest BCUT2D eigenvalue weighted by molar-refractivity contribution is 14.1. The van der Waals surface area contributed by atoms with Gasteiger partial charge in [0, 0.05) is 22.6 Å². The van der Waals surface area contributed by atoms with Crippen molar-refractivity contribution in [3.05, 3.63) is 27.6 Å². The number of carbonyl (C=O) groups is 1. The Morgan fingerprint density at radius 2 is 2.21 bits per heavy atom. The fourth-order valence-electron chi connectivity index (χ4n) is 1.53. The molecule has 74 valence electrons. The van der Waals surface area contributed by atoms with Gasteiger partial charge in [0.1, 0.15) is 12.1 Å². The zero-order valence-corrected chi connectivity index (χ0v) is 9.57. The molecule has 1 aliphatic heterocycles. The smallest absolute Gasteiger partial charge is 0.147 e. The van der Waals surface area contributed by atoms with Crippen molar-refractivity contribution < 1.29 is 9.18 Å². The molecule has 1 aromatic rings. The Morgan fingerprint density at radius 3 is 2.79 bits per heavy atom. The average Bonchev–Trinajstić information content (AvgIpc) is 2.06. The van der Waals surface area contributed by atoms with E-state index in [1.807, 2.05) is 11.0 Å². The van der Waals surface area contributed by atoms with Crippen molar-refractivity contribution in [3.8, 4) is 0 Å². The van der Waals surface area contributed by atoms with Crippen LogP contribution in [0.2, 0.25) is 0 Å². The van der Waals surface area contributed by atoms with Crippen LogP contribution in [0.25, 0.3) is 0 Å². The van der Waals surface area contributed by atoms with Crippen LogP contribution >= 0.6 is 22.6 Å². The second-order valence-electron chi connectivity index (χ2n) is 3.40. The van der Waals surface area contributed by atoms with Crippen molar-refractivity contribution in [1.29, 1.82) is 0 Å². The Labute approximate surface area is 95.2 Å². The molecule has 4 heteroatoms.